The molecule has 2 atom stereocenters. The molecule has 0 aliphatic carbocycles. The fraction of sp³-hybridized carbons (Fsp3) is 0.263. The van der Waals surface area contributed by atoms with Crippen molar-refractivity contribution in [2.75, 3.05) is 7.11 Å². The molecule has 0 aromatic heterocycles. The van der Waals surface area contributed by atoms with Crippen LogP contribution in [-0.2, 0) is 9.53 Å². The normalized spacial score (nSPS) is 13.2. The Morgan fingerprint density at radius 3 is 2.04 bits per heavy atom. The van der Waals surface area contributed by atoms with Gasteiger partial charge in [-0.1, -0.05) is 49.4 Å². The van der Waals surface area contributed by atoms with Gasteiger partial charge in [0.05, 0.1) is 7.11 Å². The highest BCUT2D eigenvalue weighted by atomic mass is 19.3. The number of benzene rings is 2. The Morgan fingerprint density at radius 2 is 1.52 bits per heavy atom. The maximum Gasteiger partial charge on any atom is 0.328 e. The summed E-state index contributed by atoms with van der Waals surface area (Å²) in [4.78, 5) is 24.0. The highest BCUT2D eigenvalue weighted by Gasteiger charge is 2.33. The Labute approximate surface area is 144 Å². The van der Waals surface area contributed by atoms with E-state index in [0.29, 0.717) is 0 Å². The predicted octanol–water partition coefficient (Wildman–Crippen LogP) is 3.53. The number of alkyl halides is 2. The lowest BCUT2D eigenvalue weighted by Gasteiger charge is -2.22. The quantitative estimate of drug-likeness (QED) is 0.814. The van der Waals surface area contributed by atoms with Crippen molar-refractivity contribution in [3.05, 3.63) is 60.2 Å². The third-order valence-electron chi connectivity index (χ3n) is 3.92. The van der Waals surface area contributed by atoms with Gasteiger partial charge in [-0.3, -0.25) is 4.79 Å². The lowest BCUT2D eigenvalue weighted by Crippen LogP contribution is -2.47. The lowest BCUT2D eigenvalue weighted by molar-refractivity contribution is -0.146. The summed E-state index contributed by atoms with van der Waals surface area (Å²) in [6.45, 7) is 1.19. The Hall–Kier alpha value is -2.76. The number of rotatable bonds is 6. The van der Waals surface area contributed by atoms with Gasteiger partial charge in [-0.15, -0.1) is 0 Å². The number of methoxy groups -OCH3 is 1. The minimum Gasteiger partial charge on any atom is -0.467 e. The van der Waals surface area contributed by atoms with Gasteiger partial charge in [0.1, 0.15) is 6.04 Å². The zero-order valence-electron chi connectivity index (χ0n) is 13.9. The van der Waals surface area contributed by atoms with Crippen LogP contribution in [0.15, 0.2) is 54.6 Å². The van der Waals surface area contributed by atoms with Crippen molar-refractivity contribution >= 4 is 11.9 Å². The third kappa shape index (κ3) is 4.62. The number of hydrogen-bond acceptors (Lipinski definition) is 3. The molecule has 0 spiro atoms. The molecule has 0 heterocycles. The van der Waals surface area contributed by atoms with Gasteiger partial charge in [-0.05, 0) is 23.3 Å². The van der Waals surface area contributed by atoms with Crippen molar-refractivity contribution in [2.45, 2.75) is 19.4 Å². The van der Waals surface area contributed by atoms with E-state index >= 15 is 0 Å². The van der Waals surface area contributed by atoms with Gasteiger partial charge >= 0.3 is 5.97 Å². The molecule has 4 nitrogen and oxygen atoms in total. The molecule has 6 heteroatoms. The second-order valence-corrected chi connectivity index (χ2v) is 5.61. The van der Waals surface area contributed by atoms with E-state index in [1.165, 1.54) is 6.92 Å². The summed E-state index contributed by atoms with van der Waals surface area (Å²) in [6.07, 6.45) is -2.76. The van der Waals surface area contributed by atoms with Crippen LogP contribution in [0.3, 0.4) is 0 Å². The summed E-state index contributed by atoms with van der Waals surface area (Å²) >= 11 is 0. The molecule has 132 valence electrons. The van der Waals surface area contributed by atoms with Crippen molar-refractivity contribution in [1.29, 1.82) is 0 Å². The standard InChI is InChI=1S/C19H19F2NO3/c1-12(17(20)21)16(19(24)25-2)22-18(23)15-10-8-14(9-11-15)13-6-4-3-5-7-13/h3-12,16-17H,1-2H3,(H,22,23)/t12-,16+/m1/s1. The van der Waals surface area contributed by atoms with Crippen molar-refractivity contribution in [3.63, 3.8) is 0 Å². The highest BCUT2D eigenvalue weighted by molar-refractivity contribution is 5.97. The zero-order valence-corrected chi connectivity index (χ0v) is 13.9. The summed E-state index contributed by atoms with van der Waals surface area (Å²) in [6, 6.07) is 14.9. The number of nitrogens with one attached hydrogen (secondary N) is 1. The molecule has 2 rings (SSSR count). The van der Waals surface area contributed by atoms with Gasteiger partial charge in [-0.25, -0.2) is 13.6 Å². The van der Waals surface area contributed by atoms with Crippen LogP contribution in [0.2, 0.25) is 0 Å². The number of esters is 1. The monoisotopic (exact) mass is 347 g/mol. The molecule has 0 aliphatic heterocycles. The number of carbonyl (C=O) groups excluding carboxylic acids is 2. The van der Waals surface area contributed by atoms with Gasteiger partial charge in [0.2, 0.25) is 6.43 Å². The van der Waals surface area contributed by atoms with E-state index in [1.54, 1.807) is 24.3 Å². The maximum atomic E-state index is 12.9. The summed E-state index contributed by atoms with van der Waals surface area (Å²) in [5, 5.41) is 2.33. The van der Waals surface area contributed by atoms with E-state index in [9.17, 15) is 18.4 Å². The highest BCUT2D eigenvalue weighted by Crippen LogP contribution is 2.20. The second kappa shape index (κ2) is 8.37. The van der Waals surface area contributed by atoms with Crippen LogP contribution < -0.4 is 5.32 Å². The first-order valence-electron chi connectivity index (χ1n) is 7.76. The Bertz CT molecular complexity index is 717. The Kier molecular flexibility index (Phi) is 6.22. The van der Waals surface area contributed by atoms with E-state index < -0.39 is 30.3 Å². The van der Waals surface area contributed by atoms with Crippen LogP contribution in [0.1, 0.15) is 17.3 Å². The summed E-state index contributed by atoms with van der Waals surface area (Å²) in [5.74, 6) is -2.87. The van der Waals surface area contributed by atoms with Crippen LogP contribution in [0.25, 0.3) is 11.1 Å². The fourth-order valence-electron chi connectivity index (χ4n) is 2.35. The molecule has 0 unspecified atom stereocenters. The zero-order chi connectivity index (χ0) is 18.4. The molecule has 0 bridgehead atoms. The van der Waals surface area contributed by atoms with E-state index in [4.69, 9.17) is 0 Å². The first-order valence-corrected chi connectivity index (χ1v) is 7.76. The van der Waals surface area contributed by atoms with Crippen LogP contribution in [0.4, 0.5) is 8.78 Å². The van der Waals surface area contributed by atoms with Crippen LogP contribution >= 0.6 is 0 Å². The van der Waals surface area contributed by atoms with Crippen molar-refractivity contribution in [3.8, 4) is 11.1 Å². The molecule has 1 amide bonds. The van der Waals surface area contributed by atoms with Gasteiger partial charge in [0.15, 0.2) is 0 Å². The van der Waals surface area contributed by atoms with E-state index in [1.807, 2.05) is 30.3 Å². The van der Waals surface area contributed by atoms with E-state index in [0.717, 1.165) is 18.2 Å². The molecule has 1 N–H and O–H groups in total. The van der Waals surface area contributed by atoms with Gasteiger partial charge < -0.3 is 10.1 Å². The predicted molar refractivity (Wildman–Crippen MR) is 90.3 cm³/mol. The average molecular weight is 347 g/mol. The van der Waals surface area contributed by atoms with Gasteiger partial charge in [0, 0.05) is 11.5 Å². The molecule has 0 saturated carbocycles. The van der Waals surface area contributed by atoms with Crippen molar-refractivity contribution in [2.24, 2.45) is 5.92 Å². The molecular weight excluding hydrogens is 328 g/mol. The second-order valence-electron chi connectivity index (χ2n) is 5.61. The Balaban J connectivity index is 2.15. The largest absolute Gasteiger partial charge is 0.467 e. The number of hydrogen-bond donors (Lipinski definition) is 1. The average Bonchev–Trinajstić information content (AvgIpc) is 2.65. The molecule has 2 aromatic carbocycles. The number of ether oxygens (including phenoxy) is 1. The summed E-state index contributed by atoms with van der Waals surface area (Å²) in [7, 11) is 1.09. The first-order chi connectivity index (χ1) is 11.9. The lowest BCUT2D eigenvalue weighted by atomic mass is 10.0. The topological polar surface area (TPSA) is 55.4 Å². The van der Waals surface area contributed by atoms with Gasteiger partial charge in [-0.2, -0.15) is 0 Å². The van der Waals surface area contributed by atoms with Crippen molar-refractivity contribution in [1.82, 2.24) is 5.32 Å². The SMILES string of the molecule is COC(=O)[C@@H](NC(=O)c1ccc(-c2ccccc2)cc1)[C@@H](C)C(F)F. The van der Waals surface area contributed by atoms with E-state index in [-0.39, 0.29) is 5.56 Å². The number of carbonyl (C=O) groups is 2. The fourth-order valence-corrected chi connectivity index (χ4v) is 2.35. The number of amides is 1. The number of halogens is 2. The molecule has 25 heavy (non-hydrogen) atoms. The minimum atomic E-state index is -2.76. The molecule has 0 radical (unpaired) electrons. The molecule has 0 fully saturated rings. The van der Waals surface area contributed by atoms with Crippen LogP contribution in [0.5, 0.6) is 0 Å². The van der Waals surface area contributed by atoms with E-state index in [2.05, 4.69) is 10.1 Å². The molecule has 2 aromatic rings. The van der Waals surface area contributed by atoms with Crippen molar-refractivity contribution < 1.29 is 23.1 Å². The van der Waals surface area contributed by atoms with Gasteiger partial charge in [0.25, 0.3) is 5.91 Å². The summed E-state index contributed by atoms with van der Waals surface area (Å²) < 4.78 is 30.3. The Morgan fingerprint density at radius 1 is 0.960 bits per heavy atom. The van der Waals surface area contributed by atoms with Crippen LogP contribution in [0, 0.1) is 5.92 Å². The molecule has 0 saturated heterocycles. The third-order valence-corrected chi connectivity index (χ3v) is 3.92. The smallest absolute Gasteiger partial charge is 0.328 e. The maximum absolute atomic E-state index is 12.9. The first kappa shape index (κ1) is 18.6. The molecular formula is C19H19F2NO3. The summed E-state index contributed by atoms with van der Waals surface area (Å²) in [5.41, 5.74) is 2.19. The van der Waals surface area contributed by atoms with Crippen LogP contribution in [-0.4, -0.2) is 31.5 Å². The minimum absolute atomic E-state index is 0.273. The molecule has 0 aliphatic rings.